The molecule has 1 amide bonds. The number of furan rings is 1. The summed E-state index contributed by atoms with van der Waals surface area (Å²) in [4.78, 5) is 35.1. The summed E-state index contributed by atoms with van der Waals surface area (Å²) in [5.74, 6) is 1.41. The van der Waals surface area contributed by atoms with Crippen molar-refractivity contribution in [3.05, 3.63) is 88.4 Å². The molecule has 1 aliphatic heterocycles. The van der Waals surface area contributed by atoms with E-state index >= 15 is 0 Å². The number of ether oxygens (including phenoxy) is 1. The normalized spacial score (nSPS) is 13.9. The Bertz CT molecular complexity index is 1370. The van der Waals surface area contributed by atoms with E-state index in [-0.39, 0.29) is 11.5 Å². The molecule has 1 aliphatic rings. The van der Waals surface area contributed by atoms with Crippen molar-refractivity contribution in [1.82, 2.24) is 14.5 Å². The van der Waals surface area contributed by atoms with Crippen LogP contribution in [0.2, 0.25) is 0 Å². The fourth-order valence-electron chi connectivity index (χ4n) is 4.35. The largest absolute Gasteiger partial charge is 0.497 e. The lowest BCUT2D eigenvalue weighted by molar-refractivity contribution is 0.0745. The number of carbonyl (C=O) groups excluding carboxylic acids is 1. The van der Waals surface area contributed by atoms with Crippen molar-refractivity contribution in [2.45, 2.75) is 13.5 Å². The van der Waals surface area contributed by atoms with E-state index in [0.29, 0.717) is 47.6 Å². The number of pyridine rings is 2. The molecular formula is C26H26N4O4. The molecular weight excluding hydrogens is 432 g/mol. The number of hydrogen-bond acceptors (Lipinski definition) is 6. The number of benzene rings is 1. The molecule has 0 N–H and O–H groups in total. The molecule has 5 rings (SSSR count). The monoisotopic (exact) mass is 458 g/mol. The smallest absolute Gasteiger partial charge is 0.260 e. The van der Waals surface area contributed by atoms with E-state index in [1.807, 2.05) is 42.2 Å². The third-order valence-electron chi connectivity index (χ3n) is 6.29. The lowest BCUT2D eigenvalue weighted by atomic mass is 10.1. The number of hydrogen-bond donors (Lipinski definition) is 0. The second-order valence-electron chi connectivity index (χ2n) is 8.36. The zero-order valence-corrected chi connectivity index (χ0v) is 19.2. The van der Waals surface area contributed by atoms with Gasteiger partial charge in [0.1, 0.15) is 11.5 Å². The van der Waals surface area contributed by atoms with Crippen molar-refractivity contribution >= 4 is 22.5 Å². The zero-order valence-electron chi connectivity index (χ0n) is 19.2. The first-order valence-electron chi connectivity index (χ1n) is 11.2. The molecule has 8 heteroatoms. The number of methoxy groups -OCH3 is 1. The number of amides is 1. The van der Waals surface area contributed by atoms with E-state index in [1.165, 1.54) is 0 Å². The molecule has 34 heavy (non-hydrogen) atoms. The van der Waals surface area contributed by atoms with Crippen LogP contribution in [0.4, 0.5) is 5.69 Å². The Morgan fingerprint density at radius 2 is 1.85 bits per heavy atom. The van der Waals surface area contributed by atoms with Crippen LogP contribution in [0, 0.1) is 6.92 Å². The molecule has 4 aromatic rings. The van der Waals surface area contributed by atoms with Crippen LogP contribution in [0.1, 0.15) is 21.8 Å². The average molecular weight is 459 g/mol. The van der Waals surface area contributed by atoms with Gasteiger partial charge in [0.2, 0.25) is 0 Å². The zero-order chi connectivity index (χ0) is 23.7. The Balaban J connectivity index is 1.35. The molecule has 0 saturated carbocycles. The molecule has 8 nitrogen and oxygen atoms in total. The molecule has 1 fully saturated rings. The highest BCUT2D eigenvalue weighted by atomic mass is 16.5. The van der Waals surface area contributed by atoms with E-state index in [1.54, 1.807) is 42.3 Å². The third-order valence-corrected chi connectivity index (χ3v) is 6.29. The number of carbonyl (C=O) groups is 1. The van der Waals surface area contributed by atoms with Crippen LogP contribution in [-0.2, 0) is 6.54 Å². The maximum absolute atomic E-state index is 13.4. The highest BCUT2D eigenvalue weighted by molar-refractivity contribution is 5.98. The van der Waals surface area contributed by atoms with Gasteiger partial charge in [-0.05, 0) is 55.5 Å². The van der Waals surface area contributed by atoms with Gasteiger partial charge in [0.15, 0.2) is 0 Å². The van der Waals surface area contributed by atoms with Crippen molar-refractivity contribution in [3.8, 4) is 5.75 Å². The summed E-state index contributed by atoms with van der Waals surface area (Å²) in [5.41, 5.74) is 2.59. The molecule has 4 heterocycles. The SMILES string of the molecule is COc1ccc(N2CCN(C(=O)c3cc4c(=O)n(Cc5ccco5)ccc4nc3C)CC2)cc1. The Labute approximate surface area is 197 Å². The van der Waals surface area contributed by atoms with Crippen molar-refractivity contribution in [2.24, 2.45) is 0 Å². The van der Waals surface area contributed by atoms with Crippen LogP contribution in [0.15, 0.2) is 70.2 Å². The molecule has 0 unspecified atom stereocenters. The van der Waals surface area contributed by atoms with Crippen LogP contribution < -0.4 is 15.2 Å². The maximum Gasteiger partial charge on any atom is 0.260 e. The van der Waals surface area contributed by atoms with Gasteiger partial charge in [0, 0.05) is 38.1 Å². The minimum absolute atomic E-state index is 0.0953. The van der Waals surface area contributed by atoms with Gasteiger partial charge in [0.05, 0.1) is 42.1 Å². The summed E-state index contributed by atoms with van der Waals surface area (Å²) in [6, 6.07) is 15.0. The summed E-state index contributed by atoms with van der Waals surface area (Å²) in [6.45, 7) is 4.79. The summed E-state index contributed by atoms with van der Waals surface area (Å²) in [7, 11) is 1.65. The number of nitrogens with zero attached hydrogens (tertiary/aromatic N) is 4. The molecule has 0 radical (unpaired) electrons. The van der Waals surface area contributed by atoms with Gasteiger partial charge < -0.3 is 23.5 Å². The second kappa shape index (κ2) is 9.05. The standard InChI is InChI=1S/C26H26N4O4/c1-18-22(16-23-24(27-18)9-10-30(26(23)32)17-21-4-3-15-34-21)25(31)29-13-11-28(12-14-29)19-5-7-20(33-2)8-6-19/h3-10,15-16H,11-14,17H2,1-2H3. The van der Waals surface area contributed by atoms with Crippen LogP contribution in [0.5, 0.6) is 5.75 Å². The van der Waals surface area contributed by atoms with Gasteiger partial charge in [-0.15, -0.1) is 0 Å². The second-order valence-corrected chi connectivity index (χ2v) is 8.36. The summed E-state index contributed by atoms with van der Waals surface area (Å²) in [6.07, 6.45) is 3.29. The summed E-state index contributed by atoms with van der Waals surface area (Å²) >= 11 is 0. The first kappa shape index (κ1) is 21.8. The molecule has 0 aliphatic carbocycles. The van der Waals surface area contributed by atoms with E-state index in [4.69, 9.17) is 9.15 Å². The quantitative estimate of drug-likeness (QED) is 0.457. The Morgan fingerprint density at radius 1 is 1.09 bits per heavy atom. The van der Waals surface area contributed by atoms with E-state index in [0.717, 1.165) is 24.5 Å². The molecule has 3 aromatic heterocycles. The third kappa shape index (κ3) is 4.14. The minimum atomic E-state index is -0.195. The topological polar surface area (TPSA) is 80.8 Å². The maximum atomic E-state index is 13.4. The highest BCUT2D eigenvalue weighted by Crippen LogP contribution is 2.22. The highest BCUT2D eigenvalue weighted by Gasteiger charge is 2.24. The van der Waals surface area contributed by atoms with Crippen LogP contribution in [-0.4, -0.2) is 53.6 Å². The van der Waals surface area contributed by atoms with E-state index < -0.39 is 0 Å². The fraction of sp³-hybridized carbons (Fsp3) is 0.269. The van der Waals surface area contributed by atoms with Crippen LogP contribution >= 0.6 is 0 Å². The Kier molecular flexibility index (Phi) is 5.79. The van der Waals surface area contributed by atoms with Gasteiger partial charge in [-0.3, -0.25) is 14.6 Å². The van der Waals surface area contributed by atoms with Gasteiger partial charge in [-0.25, -0.2) is 0 Å². The number of aromatic nitrogens is 2. The number of rotatable bonds is 5. The summed E-state index contributed by atoms with van der Waals surface area (Å²) < 4.78 is 12.2. The lowest BCUT2D eigenvalue weighted by Crippen LogP contribution is -2.49. The van der Waals surface area contributed by atoms with E-state index in [2.05, 4.69) is 9.88 Å². The first-order chi connectivity index (χ1) is 16.5. The Hall–Kier alpha value is -4.07. The predicted molar refractivity (Wildman–Crippen MR) is 130 cm³/mol. The Morgan fingerprint density at radius 3 is 2.53 bits per heavy atom. The molecule has 0 spiro atoms. The number of piperazine rings is 1. The fourth-order valence-corrected chi connectivity index (χ4v) is 4.35. The lowest BCUT2D eigenvalue weighted by Gasteiger charge is -2.36. The van der Waals surface area contributed by atoms with Crippen molar-refractivity contribution in [2.75, 3.05) is 38.2 Å². The minimum Gasteiger partial charge on any atom is -0.497 e. The molecule has 174 valence electrons. The summed E-state index contributed by atoms with van der Waals surface area (Å²) in [5, 5.41) is 0.430. The van der Waals surface area contributed by atoms with Gasteiger partial charge in [-0.1, -0.05) is 0 Å². The molecule has 0 atom stereocenters. The van der Waals surface area contributed by atoms with E-state index in [9.17, 15) is 9.59 Å². The number of anilines is 1. The number of aryl methyl sites for hydroxylation is 1. The molecule has 1 aromatic carbocycles. The first-order valence-corrected chi connectivity index (χ1v) is 11.2. The average Bonchev–Trinajstić information content (AvgIpc) is 3.38. The molecule has 0 bridgehead atoms. The predicted octanol–water partition coefficient (Wildman–Crippen LogP) is 3.32. The van der Waals surface area contributed by atoms with Gasteiger partial charge >= 0.3 is 0 Å². The van der Waals surface area contributed by atoms with Crippen molar-refractivity contribution in [1.29, 1.82) is 0 Å². The van der Waals surface area contributed by atoms with Gasteiger partial charge in [-0.2, -0.15) is 0 Å². The van der Waals surface area contributed by atoms with Crippen LogP contribution in [0.25, 0.3) is 10.9 Å². The van der Waals surface area contributed by atoms with Crippen molar-refractivity contribution in [3.63, 3.8) is 0 Å². The molecule has 1 saturated heterocycles. The van der Waals surface area contributed by atoms with Gasteiger partial charge in [0.25, 0.3) is 11.5 Å². The number of fused-ring (bicyclic) bond motifs is 1. The van der Waals surface area contributed by atoms with Crippen molar-refractivity contribution < 1.29 is 13.9 Å². The van der Waals surface area contributed by atoms with Crippen LogP contribution in [0.3, 0.4) is 0 Å².